The molecule has 0 aliphatic carbocycles. The van der Waals surface area contributed by atoms with Crippen LogP contribution in [-0.2, 0) is 35.2 Å². The summed E-state index contributed by atoms with van der Waals surface area (Å²) in [5.74, 6) is -6.17. The van der Waals surface area contributed by atoms with Gasteiger partial charge >= 0.3 is 5.97 Å². The average molecular weight is 487 g/mol. The predicted octanol–water partition coefficient (Wildman–Crippen LogP) is -4.50. The summed E-state index contributed by atoms with van der Waals surface area (Å²) in [6.07, 6.45) is 1.21. The van der Waals surface area contributed by atoms with Gasteiger partial charge in [0.15, 0.2) is 0 Å². The fourth-order valence-corrected chi connectivity index (χ4v) is 2.71. The van der Waals surface area contributed by atoms with Gasteiger partial charge in [0.05, 0.1) is 25.2 Å². The number of carbonyl (C=O) groups excluding carboxylic acids is 5. The summed E-state index contributed by atoms with van der Waals surface area (Å²) < 4.78 is 0. The molecule has 0 aromatic carbocycles. The molecular weight excluding hydrogens is 460 g/mol. The number of aromatic nitrogens is 2. The Morgan fingerprint density at radius 2 is 1.45 bits per heavy atom. The van der Waals surface area contributed by atoms with Gasteiger partial charge in [-0.15, -0.1) is 0 Å². The Hall–Kier alpha value is -3.66. The summed E-state index contributed by atoms with van der Waals surface area (Å²) in [6, 6.07) is -5.59. The van der Waals surface area contributed by atoms with Crippen molar-refractivity contribution in [2.45, 2.75) is 43.4 Å². The molecule has 16 heteroatoms. The van der Waals surface area contributed by atoms with Crippen molar-refractivity contribution in [2.75, 3.05) is 5.75 Å². The topological polar surface area (TPSA) is 265 Å². The smallest absolute Gasteiger partial charge is 0.326 e. The Bertz CT molecular complexity index is 879. The molecule has 1 aromatic rings. The second-order valence-corrected chi connectivity index (χ2v) is 7.30. The molecule has 1 rings (SSSR count). The number of aromatic amines is 1. The van der Waals surface area contributed by atoms with Crippen molar-refractivity contribution in [1.29, 1.82) is 0 Å². The maximum Gasteiger partial charge on any atom is 0.326 e. The standard InChI is InChI=1S/C17H26N8O7S/c18-8(5-33)14(28)23-10(2-12(19)26)16(30)24-9(1-7-4-21-6-22-7)15(29)25-11(17(31)32)3-13(20)27/h4,6,8-11,33H,1-3,5,18H2,(H2,19,26)(H2,20,27)(H,21,22)(H,23,28)(H,24,30)(H,25,29)(H,31,32). The molecule has 4 atom stereocenters. The lowest BCUT2D eigenvalue weighted by molar-refractivity contribution is -0.143. The van der Waals surface area contributed by atoms with E-state index in [1.54, 1.807) is 0 Å². The van der Waals surface area contributed by atoms with E-state index in [0.717, 1.165) is 0 Å². The van der Waals surface area contributed by atoms with E-state index in [-0.39, 0.29) is 12.2 Å². The number of aliphatic carboxylic acids is 1. The highest BCUT2D eigenvalue weighted by molar-refractivity contribution is 7.80. The van der Waals surface area contributed by atoms with Crippen molar-refractivity contribution in [3.8, 4) is 0 Å². The minimum atomic E-state index is -1.65. The van der Waals surface area contributed by atoms with Crippen LogP contribution in [0, 0.1) is 0 Å². The minimum Gasteiger partial charge on any atom is -0.480 e. The maximum absolute atomic E-state index is 12.8. The Morgan fingerprint density at radius 3 is 1.94 bits per heavy atom. The fourth-order valence-electron chi connectivity index (χ4n) is 2.54. The number of carboxylic acid groups (broad SMARTS) is 1. The van der Waals surface area contributed by atoms with Crippen LogP contribution in [0.25, 0.3) is 0 Å². The van der Waals surface area contributed by atoms with Crippen LogP contribution in [0.5, 0.6) is 0 Å². The zero-order valence-corrected chi connectivity index (χ0v) is 18.2. The number of hydrogen-bond acceptors (Lipinski definition) is 9. The molecule has 1 heterocycles. The highest BCUT2D eigenvalue weighted by Gasteiger charge is 2.31. The first kappa shape index (κ1) is 27.4. The van der Waals surface area contributed by atoms with E-state index in [4.69, 9.17) is 17.2 Å². The third-order valence-electron chi connectivity index (χ3n) is 4.20. The molecule has 0 bridgehead atoms. The molecule has 5 amide bonds. The van der Waals surface area contributed by atoms with Crippen LogP contribution in [0.15, 0.2) is 12.5 Å². The maximum atomic E-state index is 12.8. The number of nitrogens with two attached hydrogens (primary N) is 3. The quantitative estimate of drug-likeness (QED) is 0.114. The molecule has 0 saturated carbocycles. The van der Waals surface area contributed by atoms with Gasteiger partial charge in [-0.05, 0) is 0 Å². The number of rotatable bonds is 14. The summed E-state index contributed by atoms with van der Waals surface area (Å²) in [5, 5.41) is 15.9. The van der Waals surface area contributed by atoms with Crippen LogP contribution in [0.1, 0.15) is 18.5 Å². The molecular formula is C17H26N8O7S. The van der Waals surface area contributed by atoms with Crippen LogP contribution in [0.4, 0.5) is 0 Å². The number of primary amides is 2. The Labute approximate surface area is 193 Å². The highest BCUT2D eigenvalue weighted by Crippen LogP contribution is 2.03. The van der Waals surface area contributed by atoms with Crippen molar-refractivity contribution in [3.63, 3.8) is 0 Å². The zero-order valence-electron chi connectivity index (χ0n) is 17.3. The number of nitrogens with one attached hydrogen (secondary N) is 4. The molecule has 0 radical (unpaired) electrons. The summed E-state index contributed by atoms with van der Waals surface area (Å²) in [4.78, 5) is 77.9. The molecule has 0 saturated heterocycles. The summed E-state index contributed by atoms with van der Waals surface area (Å²) in [6.45, 7) is 0. The van der Waals surface area contributed by atoms with Crippen LogP contribution < -0.4 is 33.2 Å². The normalized spacial score (nSPS) is 14.2. The first-order valence-corrected chi connectivity index (χ1v) is 10.1. The molecule has 0 aliphatic heterocycles. The van der Waals surface area contributed by atoms with Crippen molar-refractivity contribution in [1.82, 2.24) is 25.9 Å². The second kappa shape index (κ2) is 13.0. The number of H-pyrrole nitrogens is 1. The van der Waals surface area contributed by atoms with E-state index >= 15 is 0 Å². The monoisotopic (exact) mass is 486 g/mol. The van der Waals surface area contributed by atoms with Gasteiger partial charge in [-0.2, -0.15) is 12.6 Å². The van der Waals surface area contributed by atoms with Crippen LogP contribution in [0.3, 0.4) is 0 Å². The van der Waals surface area contributed by atoms with Gasteiger partial charge in [0.1, 0.15) is 18.1 Å². The lowest BCUT2D eigenvalue weighted by Gasteiger charge is -2.24. The number of carboxylic acids is 1. The van der Waals surface area contributed by atoms with Crippen molar-refractivity contribution in [3.05, 3.63) is 18.2 Å². The lowest BCUT2D eigenvalue weighted by atomic mass is 10.1. The molecule has 33 heavy (non-hydrogen) atoms. The Balaban J connectivity index is 3.08. The van der Waals surface area contributed by atoms with Gasteiger partial charge < -0.3 is 43.2 Å². The van der Waals surface area contributed by atoms with Gasteiger partial charge in [0, 0.05) is 24.1 Å². The molecule has 4 unspecified atom stereocenters. The van der Waals surface area contributed by atoms with Gasteiger partial charge in [0.2, 0.25) is 29.5 Å². The van der Waals surface area contributed by atoms with Crippen molar-refractivity contribution in [2.24, 2.45) is 17.2 Å². The van der Waals surface area contributed by atoms with Crippen LogP contribution in [-0.4, -0.2) is 80.5 Å². The summed E-state index contributed by atoms with van der Waals surface area (Å²) in [5.41, 5.74) is 16.1. The SMILES string of the molecule is NC(=O)CC(NC(=O)C(Cc1cnc[nH]1)NC(=O)C(CC(N)=O)NC(=O)C(N)CS)C(=O)O. The minimum absolute atomic E-state index is 0.0436. The second-order valence-electron chi connectivity index (χ2n) is 6.93. The van der Waals surface area contributed by atoms with E-state index in [2.05, 4.69) is 38.5 Å². The van der Waals surface area contributed by atoms with Gasteiger partial charge in [-0.3, -0.25) is 24.0 Å². The molecule has 11 N–H and O–H groups in total. The predicted molar refractivity (Wildman–Crippen MR) is 115 cm³/mol. The Kier molecular flexibility index (Phi) is 10.8. The summed E-state index contributed by atoms with van der Waals surface area (Å²) >= 11 is 3.88. The average Bonchev–Trinajstić information content (AvgIpc) is 3.23. The summed E-state index contributed by atoms with van der Waals surface area (Å²) in [7, 11) is 0. The molecule has 0 fully saturated rings. The molecule has 182 valence electrons. The lowest BCUT2D eigenvalue weighted by Crippen LogP contribution is -2.58. The van der Waals surface area contributed by atoms with E-state index < -0.39 is 72.5 Å². The molecule has 0 spiro atoms. The van der Waals surface area contributed by atoms with Crippen LogP contribution in [0.2, 0.25) is 0 Å². The van der Waals surface area contributed by atoms with Gasteiger partial charge in [0.25, 0.3) is 0 Å². The first-order valence-electron chi connectivity index (χ1n) is 9.48. The van der Waals surface area contributed by atoms with Crippen molar-refractivity contribution < 1.29 is 33.9 Å². The van der Waals surface area contributed by atoms with Crippen LogP contribution >= 0.6 is 12.6 Å². The van der Waals surface area contributed by atoms with Crippen molar-refractivity contribution >= 4 is 48.1 Å². The molecule has 15 nitrogen and oxygen atoms in total. The zero-order chi connectivity index (χ0) is 25.1. The number of carbonyl (C=O) groups is 6. The van der Waals surface area contributed by atoms with E-state index in [1.807, 2.05) is 0 Å². The van der Waals surface area contributed by atoms with E-state index in [1.165, 1.54) is 12.5 Å². The molecule has 0 aliphatic rings. The van der Waals surface area contributed by atoms with E-state index in [0.29, 0.717) is 5.69 Å². The number of thiol groups is 1. The van der Waals surface area contributed by atoms with E-state index in [9.17, 15) is 33.9 Å². The van der Waals surface area contributed by atoms with Gasteiger partial charge in [-0.1, -0.05) is 0 Å². The Morgan fingerprint density at radius 1 is 0.939 bits per heavy atom. The first-order chi connectivity index (χ1) is 15.4. The number of nitrogens with zero attached hydrogens (tertiary/aromatic N) is 1. The third-order valence-corrected chi connectivity index (χ3v) is 4.60. The highest BCUT2D eigenvalue weighted by atomic mass is 32.1. The largest absolute Gasteiger partial charge is 0.480 e. The number of hydrogen-bond donors (Lipinski definition) is 9. The third kappa shape index (κ3) is 9.56. The van der Waals surface area contributed by atoms with Gasteiger partial charge in [-0.25, -0.2) is 9.78 Å². The fraction of sp³-hybridized carbons (Fsp3) is 0.471. The number of imidazole rings is 1. The number of amides is 5. The molecule has 1 aromatic heterocycles.